The Hall–Kier alpha value is -0.940. The van der Waals surface area contributed by atoms with Crippen LogP contribution in [0.4, 0.5) is 0 Å². The molecule has 0 amide bonds. The molecule has 0 radical (unpaired) electrons. The number of rotatable bonds is 3. The molecule has 1 aromatic rings. The van der Waals surface area contributed by atoms with Gasteiger partial charge in [0.2, 0.25) is 0 Å². The minimum absolute atomic E-state index is 0.600. The molecule has 17 heavy (non-hydrogen) atoms. The van der Waals surface area contributed by atoms with E-state index in [4.69, 9.17) is 0 Å². The van der Waals surface area contributed by atoms with Crippen molar-refractivity contribution in [3.63, 3.8) is 0 Å². The molecule has 1 saturated heterocycles. The highest BCUT2D eigenvalue weighted by Crippen LogP contribution is 2.15. The number of likely N-dealkylation sites (tertiary alicyclic amines) is 1. The van der Waals surface area contributed by atoms with Gasteiger partial charge < -0.3 is 14.8 Å². The zero-order valence-electron chi connectivity index (χ0n) is 11.3. The van der Waals surface area contributed by atoms with Crippen molar-refractivity contribution < 1.29 is 0 Å². The standard InChI is InChI=1S/C12H23N5/c1-9-8-16(3)6-5-11(9)13-7-12-15-14-10(2)17(12)4/h9,11,13H,5-8H2,1-4H3. The number of aryl methyl sites for hydroxylation is 1. The van der Waals surface area contributed by atoms with Gasteiger partial charge in [-0.1, -0.05) is 6.92 Å². The van der Waals surface area contributed by atoms with Crippen molar-refractivity contribution in [3.05, 3.63) is 11.6 Å². The monoisotopic (exact) mass is 237 g/mol. The smallest absolute Gasteiger partial charge is 0.146 e. The Balaban J connectivity index is 1.88. The van der Waals surface area contributed by atoms with Gasteiger partial charge in [0.05, 0.1) is 6.54 Å². The van der Waals surface area contributed by atoms with Crippen LogP contribution in [-0.2, 0) is 13.6 Å². The van der Waals surface area contributed by atoms with Gasteiger partial charge in [-0.15, -0.1) is 10.2 Å². The molecule has 0 spiro atoms. The molecule has 0 bridgehead atoms. The van der Waals surface area contributed by atoms with Gasteiger partial charge in [0.1, 0.15) is 11.6 Å². The van der Waals surface area contributed by atoms with E-state index in [9.17, 15) is 0 Å². The summed E-state index contributed by atoms with van der Waals surface area (Å²) in [6.45, 7) is 7.47. The predicted octanol–water partition coefficient (Wildman–Crippen LogP) is 0.553. The molecule has 2 heterocycles. The van der Waals surface area contributed by atoms with Crippen molar-refractivity contribution in [2.24, 2.45) is 13.0 Å². The third-order valence-corrected chi connectivity index (χ3v) is 3.81. The molecule has 0 aromatic carbocycles. The van der Waals surface area contributed by atoms with E-state index in [1.54, 1.807) is 0 Å². The molecule has 1 aromatic heterocycles. The summed E-state index contributed by atoms with van der Waals surface area (Å²) >= 11 is 0. The van der Waals surface area contributed by atoms with E-state index in [0.29, 0.717) is 12.0 Å². The zero-order valence-corrected chi connectivity index (χ0v) is 11.3. The minimum atomic E-state index is 0.600. The molecule has 0 aliphatic carbocycles. The van der Waals surface area contributed by atoms with Crippen LogP contribution in [0.25, 0.3) is 0 Å². The van der Waals surface area contributed by atoms with E-state index in [1.165, 1.54) is 19.5 Å². The summed E-state index contributed by atoms with van der Waals surface area (Å²) in [5, 5.41) is 11.9. The van der Waals surface area contributed by atoms with Crippen LogP contribution in [-0.4, -0.2) is 45.8 Å². The number of piperidine rings is 1. The summed E-state index contributed by atoms with van der Waals surface area (Å²) in [7, 11) is 4.21. The van der Waals surface area contributed by atoms with Crippen molar-refractivity contribution in [1.82, 2.24) is 25.0 Å². The molecule has 1 N–H and O–H groups in total. The first kappa shape index (κ1) is 12.5. The summed E-state index contributed by atoms with van der Waals surface area (Å²) in [6.07, 6.45) is 1.22. The molecule has 1 aliphatic heterocycles. The van der Waals surface area contributed by atoms with Crippen molar-refractivity contribution in [2.75, 3.05) is 20.1 Å². The first-order chi connectivity index (χ1) is 8.08. The third kappa shape index (κ3) is 2.84. The fourth-order valence-electron chi connectivity index (χ4n) is 2.48. The number of hydrogen-bond donors (Lipinski definition) is 1. The second-order valence-electron chi connectivity index (χ2n) is 5.24. The van der Waals surface area contributed by atoms with Crippen LogP contribution < -0.4 is 5.32 Å². The van der Waals surface area contributed by atoms with Crippen LogP contribution in [0.1, 0.15) is 25.0 Å². The van der Waals surface area contributed by atoms with Crippen LogP contribution in [0.5, 0.6) is 0 Å². The largest absolute Gasteiger partial charge is 0.317 e. The molecule has 5 heteroatoms. The average Bonchev–Trinajstić information content (AvgIpc) is 2.59. The SMILES string of the molecule is Cc1nnc(CNC2CCN(C)CC2C)n1C. The van der Waals surface area contributed by atoms with E-state index in [0.717, 1.165) is 18.2 Å². The van der Waals surface area contributed by atoms with Gasteiger partial charge in [-0.3, -0.25) is 0 Å². The van der Waals surface area contributed by atoms with Crippen molar-refractivity contribution >= 4 is 0 Å². The highest BCUT2D eigenvalue weighted by molar-refractivity contribution is 4.93. The Morgan fingerprint density at radius 3 is 2.71 bits per heavy atom. The molecule has 1 fully saturated rings. The predicted molar refractivity (Wildman–Crippen MR) is 67.6 cm³/mol. The Bertz CT molecular complexity index is 373. The van der Waals surface area contributed by atoms with Crippen LogP contribution in [0, 0.1) is 12.8 Å². The highest BCUT2D eigenvalue weighted by atomic mass is 15.3. The molecule has 1 aliphatic rings. The lowest BCUT2D eigenvalue weighted by Gasteiger charge is -2.35. The Morgan fingerprint density at radius 2 is 2.12 bits per heavy atom. The van der Waals surface area contributed by atoms with Crippen LogP contribution in [0.3, 0.4) is 0 Å². The van der Waals surface area contributed by atoms with Gasteiger partial charge >= 0.3 is 0 Å². The van der Waals surface area contributed by atoms with E-state index < -0.39 is 0 Å². The molecular formula is C12H23N5. The van der Waals surface area contributed by atoms with E-state index in [2.05, 4.69) is 34.4 Å². The van der Waals surface area contributed by atoms with Crippen LogP contribution in [0.15, 0.2) is 0 Å². The molecule has 2 unspecified atom stereocenters. The summed E-state index contributed by atoms with van der Waals surface area (Å²) in [4.78, 5) is 2.40. The molecule has 5 nitrogen and oxygen atoms in total. The van der Waals surface area contributed by atoms with Crippen molar-refractivity contribution in [2.45, 2.75) is 32.9 Å². The first-order valence-corrected chi connectivity index (χ1v) is 6.34. The van der Waals surface area contributed by atoms with Gasteiger partial charge in [-0.05, 0) is 32.9 Å². The maximum Gasteiger partial charge on any atom is 0.146 e. The van der Waals surface area contributed by atoms with E-state index >= 15 is 0 Å². The fourth-order valence-corrected chi connectivity index (χ4v) is 2.48. The summed E-state index contributed by atoms with van der Waals surface area (Å²) in [5.41, 5.74) is 0. The lowest BCUT2D eigenvalue weighted by Crippen LogP contribution is -2.46. The Labute approximate surface area is 103 Å². The van der Waals surface area contributed by atoms with Gasteiger partial charge in [0, 0.05) is 19.6 Å². The van der Waals surface area contributed by atoms with Gasteiger partial charge in [0.15, 0.2) is 0 Å². The molecule has 0 saturated carbocycles. The maximum atomic E-state index is 4.18. The van der Waals surface area contributed by atoms with Gasteiger partial charge in [-0.25, -0.2) is 0 Å². The van der Waals surface area contributed by atoms with Gasteiger partial charge in [-0.2, -0.15) is 0 Å². The lowest BCUT2D eigenvalue weighted by molar-refractivity contribution is 0.173. The van der Waals surface area contributed by atoms with Crippen molar-refractivity contribution in [3.8, 4) is 0 Å². The number of nitrogens with one attached hydrogen (secondary N) is 1. The number of nitrogens with zero attached hydrogens (tertiary/aromatic N) is 4. The minimum Gasteiger partial charge on any atom is -0.317 e. The quantitative estimate of drug-likeness (QED) is 0.834. The normalized spacial score (nSPS) is 26.4. The number of aromatic nitrogens is 3. The lowest BCUT2D eigenvalue weighted by atomic mass is 9.94. The van der Waals surface area contributed by atoms with Crippen LogP contribution >= 0.6 is 0 Å². The molecular weight excluding hydrogens is 214 g/mol. The maximum absolute atomic E-state index is 4.18. The van der Waals surface area contributed by atoms with E-state index in [1.807, 2.05) is 18.5 Å². The highest BCUT2D eigenvalue weighted by Gasteiger charge is 2.23. The van der Waals surface area contributed by atoms with Crippen LogP contribution in [0.2, 0.25) is 0 Å². The summed E-state index contributed by atoms with van der Waals surface area (Å²) in [5.74, 6) is 2.69. The topological polar surface area (TPSA) is 46.0 Å². The summed E-state index contributed by atoms with van der Waals surface area (Å²) in [6, 6.07) is 0.600. The molecule has 2 rings (SSSR count). The van der Waals surface area contributed by atoms with Crippen molar-refractivity contribution in [1.29, 1.82) is 0 Å². The molecule has 96 valence electrons. The summed E-state index contributed by atoms with van der Waals surface area (Å²) < 4.78 is 2.05. The second kappa shape index (κ2) is 5.14. The zero-order chi connectivity index (χ0) is 12.4. The van der Waals surface area contributed by atoms with Gasteiger partial charge in [0.25, 0.3) is 0 Å². The third-order valence-electron chi connectivity index (χ3n) is 3.81. The Morgan fingerprint density at radius 1 is 1.35 bits per heavy atom. The Kier molecular flexibility index (Phi) is 3.79. The van der Waals surface area contributed by atoms with E-state index in [-0.39, 0.29) is 0 Å². The second-order valence-corrected chi connectivity index (χ2v) is 5.24. The number of hydrogen-bond acceptors (Lipinski definition) is 4. The fraction of sp³-hybridized carbons (Fsp3) is 0.833. The average molecular weight is 237 g/mol. The first-order valence-electron chi connectivity index (χ1n) is 6.34. The molecule has 2 atom stereocenters.